The molecule has 2 heterocycles. The van der Waals surface area contributed by atoms with Crippen LogP contribution in [0.15, 0.2) is 41.0 Å². The number of furan rings is 1. The molecular formula is C15H18ClN3O4S. The summed E-state index contributed by atoms with van der Waals surface area (Å²) >= 11 is 0. The van der Waals surface area contributed by atoms with E-state index >= 15 is 0 Å². The number of hydrogen-bond acceptors (Lipinski definition) is 5. The summed E-state index contributed by atoms with van der Waals surface area (Å²) < 4.78 is 30.3. The highest BCUT2D eigenvalue weighted by molar-refractivity contribution is 7.93. The van der Waals surface area contributed by atoms with Crippen LogP contribution < -0.4 is 15.4 Å². The van der Waals surface area contributed by atoms with Crippen LogP contribution in [0, 0.1) is 0 Å². The molecule has 0 saturated carbocycles. The van der Waals surface area contributed by atoms with Gasteiger partial charge in [-0.05, 0) is 36.8 Å². The molecule has 0 aliphatic carbocycles. The van der Waals surface area contributed by atoms with Gasteiger partial charge in [0.15, 0.2) is 0 Å². The Bertz CT molecular complexity index is 817. The normalized spacial score (nSPS) is 15.8. The number of nitrogens with zero attached hydrogens (tertiary/aromatic N) is 1. The fourth-order valence-electron chi connectivity index (χ4n) is 2.45. The third kappa shape index (κ3) is 3.72. The average molecular weight is 372 g/mol. The molecule has 1 fully saturated rings. The van der Waals surface area contributed by atoms with E-state index in [2.05, 4.69) is 5.32 Å². The smallest absolute Gasteiger partial charge is 0.258 e. The fraction of sp³-hybridized carbons (Fsp3) is 0.267. The van der Waals surface area contributed by atoms with Gasteiger partial charge in [0.25, 0.3) is 5.91 Å². The van der Waals surface area contributed by atoms with Crippen molar-refractivity contribution in [3.05, 3.63) is 47.9 Å². The van der Waals surface area contributed by atoms with E-state index < -0.39 is 10.0 Å². The summed E-state index contributed by atoms with van der Waals surface area (Å²) in [7, 11) is -3.20. The molecule has 3 N–H and O–H groups in total. The first kappa shape index (κ1) is 18.3. The van der Waals surface area contributed by atoms with Gasteiger partial charge >= 0.3 is 0 Å². The summed E-state index contributed by atoms with van der Waals surface area (Å²) in [6, 6.07) is 8.29. The lowest BCUT2D eigenvalue weighted by Crippen LogP contribution is -2.24. The zero-order valence-corrected chi connectivity index (χ0v) is 14.4. The van der Waals surface area contributed by atoms with Gasteiger partial charge in [-0.1, -0.05) is 0 Å². The van der Waals surface area contributed by atoms with E-state index in [4.69, 9.17) is 10.2 Å². The zero-order valence-electron chi connectivity index (χ0n) is 12.8. The van der Waals surface area contributed by atoms with E-state index in [0.717, 1.165) is 0 Å². The van der Waals surface area contributed by atoms with Crippen molar-refractivity contribution in [2.24, 2.45) is 5.73 Å². The van der Waals surface area contributed by atoms with E-state index in [1.165, 1.54) is 10.6 Å². The Hall–Kier alpha value is -2.03. The van der Waals surface area contributed by atoms with E-state index in [9.17, 15) is 13.2 Å². The summed E-state index contributed by atoms with van der Waals surface area (Å²) in [6.45, 7) is 0.719. The number of nitrogens with one attached hydrogen (secondary N) is 1. The number of hydrogen-bond donors (Lipinski definition) is 2. The minimum absolute atomic E-state index is 0. The standard InChI is InChI=1S/C15H17N3O4S.ClH/c16-9-14-8-11(10-22-14)15(19)17-12-2-4-13(5-3-12)18-6-1-7-23(18,20)21;/h2-5,8,10H,1,6-7,9,16H2,(H,17,19);1H. The summed E-state index contributed by atoms with van der Waals surface area (Å²) in [5.74, 6) is 0.398. The molecule has 0 atom stereocenters. The molecule has 1 aliphatic rings. The van der Waals surface area contributed by atoms with Crippen molar-refractivity contribution in [1.29, 1.82) is 0 Å². The highest BCUT2D eigenvalue weighted by Gasteiger charge is 2.28. The molecule has 0 unspecified atom stereocenters. The molecule has 1 aromatic heterocycles. The van der Waals surface area contributed by atoms with Crippen molar-refractivity contribution in [2.75, 3.05) is 21.9 Å². The Morgan fingerprint density at radius 3 is 2.54 bits per heavy atom. The third-order valence-corrected chi connectivity index (χ3v) is 5.50. The molecule has 0 radical (unpaired) electrons. The number of carbonyl (C=O) groups excluding carboxylic acids is 1. The maximum absolute atomic E-state index is 12.1. The first-order valence-electron chi connectivity index (χ1n) is 7.19. The first-order chi connectivity index (χ1) is 11.0. The second kappa shape index (κ2) is 7.25. The quantitative estimate of drug-likeness (QED) is 0.854. The number of anilines is 2. The van der Waals surface area contributed by atoms with Crippen molar-refractivity contribution in [2.45, 2.75) is 13.0 Å². The fourth-order valence-corrected chi connectivity index (χ4v) is 4.02. The van der Waals surface area contributed by atoms with Crippen LogP contribution in [-0.2, 0) is 16.6 Å². The van der Waals surface area contributed by atoms with Crippen molar-refractivity contribution in [1.82, 2.24) is 0 Å². The van der Waals surface area contributed by atoms with Gasteiger partial charge in [-0.3, -0.25) is 9.10 Å². The first-order valence-corrected chi connectivity index (χ1v) is 8.80. The Morgan fingerprint density at radius 1 is 1.29 bits per heavy atom. The number of rotatable bonds is 4. The highest BCUT2D eigenvalue weighted by Crippen LogP contribution is 2.25. The summed E-state index contributed by atoms with van der Waals surface area (Å²) in [5.41, 5.74) is 7.00. The van der Waals surface area contributed by atoms with Gasteiger partial charge in [0.2, 0.25) is 10.0 Å². The van der Waals surface area contributed by atoms with Crippen molar-refractivity contribution >= 4 is 39.7 Å². The number of sulfonamides is 1. The van der Waals surface area contributed by atoms with Crippen molar-refractivity contribution in [3.63, 3.8) is 0 Å². The van der Waals surface area contributed by atoms with Crippen molar-refractivity contribution in [3.8, 4) is 0 Å². The summed E-state index contributed by atoms with van der Waals surface area (Å²) in [6.07, 6.45) is 1.98. The predicted octanol–water partition coefficient (Wildman–Crippen LogP) is 1.95. The number of benzene rings is 1. The number of amides is 1. The number of halogens is 1. The molecule has 3 rings (SSSR count). The molecule has 1 amide bonds. The van der Waals surface area contributed by atoms with Crippen LogP contribution in [0.25, 0.3) is 0 Å². The van der Waals surface area contributed by atoms with Gasteiger partial charge in [0, 0.05) is 12.2 Å². The predicted molar refractivity (Wildman–Crippen MR) is 94.0 cm³/mol. The van der Waals surface area contributed by atoms with Gasteiger partial charge in [-0.25, -0.2) is 8.42 Å². The second-order valence-electron chi connectivity index (χ2n) is 5.25. The minimum atomic E-state index is -3.20. The van der Waals surface area contributed by atoms with Crippen LogP contribution in [-0.4, -0.2) is 26.6 Å². The van der Waals surface area contributed by atoms with Crippen LogP contribution in [0.3, 0.4) is 0 Å². The maximum atomic E-state index is 12.1. The van der Waals surface area contributed by atoms with Crippen LogP contribution in [0.4, 0.5) is 11.4 Å². The van der Waals surface area contributed by atoms with E-state index in [0.29, 0.717) is 35.7 Å². The Morgan fingerprint density at radius 2 is 2.00 bits per heavy atom. The lowest BCUT2D eigenvalue weighted by atomic mass is 10.2. The topological polar surface area (TPSA) is 106 Å². The molecule has 1 aromatic carbocycles. The van der Waals surface area contributed by atoms with Crippen LogP contribution in [0.1, 0.15) is 22.5 Å². The third-order valence-electron chi connectivity index (χ3n) is 3.63. The minimum Gasteiger partial charge on any atom is -0.467 e. The molecule has 7 nitrogen and oxygen atoms in total. The van der Waals surface area contributed by atoms with E-state index in [1.54, 1.807) is 30.3 Å². The van der Waals surface area contributed by atoms with Gasteiger partial charge in [-0.2, -0.15) is 0 Å². The number of nitrogens with two attached hydrogens (primary N) is 1. The van der Waals surface area contributed by atoms with Crippen LogP contribution in [0.2, 0.25) is 0 Å². The van der Waals surface area contributed by atoms with Crippen molar-refractivity contribution < 1.29 is 17.6 Å². The maximum Gasteiger partial charge on any atom is 0.258 e. The molecule has 0 bridgehead atoms. The van der Waals surface area contributed by atoms with Gasteiger partial charge in [-0.15, -0.1) is 12.4 Å². The highest BCUT2D eigenvalue weighted by atomic mass is 35.5. The summed E-state index contributed by atoms with van der Waals surface area (Å²) in [4.78, 5) is 12.1. The van der Waals surface area contributed by atoms with Gasteiger partial charge < -0.3 is 15.5 Å². The Labute approximate surface area is 146 Å². The second-order valence-corrected chi connectivity index (χ2v) is 7.26. The Kier molecular flexibility index (Phi) is 5.53. The zero-order chi connectivity index (χ0) is 16.4. The van der Waals surface area contributed by atoms with Gasteiger partial charge in [0.05, 0.1) is 23.5 Å². The lowest BCUT2D eigenvalue weighted by Gasteiger charge is -2.17. The monoisotopic (exact) mass is 371 g/mol. The molecule has 2 aromatic rings. The SMILES string of the molecule is Cl.NCc1cc(C(=O)Nc2ccc(N3CCCS3(=O)=O)cc2)co1. The average Bonchev–Trinajstić information content (AvgIpc) is 3.14. The number of carbonyl (C=O) groups is 1. The van der Waals surface area contributed by atoms with E-state index in [1.807, 2.05) is 0 Å². The lowest BCUT2D eigenvalue weighted by molar-refractivity contribution is 0.102. The molecular weight excluding hydrogens is 354 g/mol. The largest absolute Gasteiger partial charge is 0.467 e. The molecule has 130 valence electrons. The van der Waals surface area contributed by atoms with Gasteiger partial charge in [0.1, 0.15) is 12.0 Å². The molecule has 24 heavy (non-hydrogen) atoms. The summed E-state index contributed by atoms with van der Waals surface area (Å²) in [5, 5.41) is 2.73. The Balaban J connectivity index is 0.00000208. The molecule has 1 saturated heterocycles. The van der Waals surface area contributed by atoms with E-state index in [-0.39, 0.29) is 30.6 Å². The van der Waals surface area contributed by atoms with Crippen LogP contribution >= 0.6 is 12.4 Å². The van der Waals surface area contributed by atoms with Crippen LogP contribution in [0.5, 0.6) is 0 Å². The molecule has 0 spiro atoms. The molecule has 9 heteroatoms. The molecule has 1 aliphatic heterocycles.